The van der Waals surface area contributed by atoms with Gasteiger partial charge < -0.3 is 5.11 Å². The molecule has 0 atom stereocenters. The van der Waals surface area contributed by atoms with Crippen LogP contribution >= 0.6 is 22.9 Å². The Bertz CT molecular complexity index is 1020. The Morgan fingerprint density at radius 1 is 1.12 bits per heavy atom. The Morgan fingerprint density at radius 2 is 1.80 bits per heavy atom. The summed E-state index contributed by atoms with van der Waals surface area (Å²) in [6.07, 6.45) is 0. The van der Waals surface area contributed by atoms with Crippen LogP contribution in [0.25, 0.3) is 21.7 Å². The minimum absolute atomic E-state index is 0.0584. The van der Waals surface area contributed by atoms with E-state index in [9.17, 15) is 18.7 Å². The molecule has 0 bridgehead atoms. The third-order valence-electron chi connectivity index (χ3n) is 3.24. The highest BCUT2D eigenvalue weighted by Crippen LogP contribution is 2.38. The molecule has 2 aromatic carbocycles. The largest absolute Gasteiger partial charge is 0.476 e. The highest BCUT2D eigenvalue weighted by molar-refractivity contribution is 7.17. The summed E-state index contributed by atoms with van der Waals surface area (Å²) in [7, 11) is 0. The quantitative estimate of drug-likeness (QED) is 0.699. The van der Waals surface area contributed by atoms with Crippen molar-refractivity contribution >= 4 is 28.9 Å². The number of carboxylic acids is 1. The van der Waals surface area contributed by atoms with E-state index in [0.717, 1.165) is 29.5 Å². The van der Waals surface area contributed by atoms with Gasteiger partial charge in [-0.05, 0) is 42.0 Å². The molecule has 0 fully saturated rings. The number of hydrogen-bond donors (Lipinski definition) is 1. The molecule has 3 aromatic rings. The van der Waals surface area contributed by atoms with Crippen LogP contribution in [0.5, 0.6) is 0 Å². The van der Waals surface area contributed by atoms with Gasteiger partial charge in [0.25, 0.3) is 0 Å². The third-order valence-corrected chi connectivity index (χ3v) is 4.55. The molecule has 0 aliphatic carbocycles. The summed E-state index contributed by atoms with van der Waals surface area (Å²) < 4.78 is 27.4. The van der Waals surface area contributed by atoms with Crippen molar-refractivity contribution in [3.8, 4) is 27.8 Å². The maximum absolute atomic E-state index is 13.8. The van der Waals surface area contributed by atoms with Crippen LogP contribution in [0.2, 0.25) is 5.02 Å². The van der Waals surface area contributed by atoms with E-state index in [4.69, 9.17) is 16.9 Å². The number of carbonyl (C=O) groups is 1. The number of carboxylic acid groups (broad SMARTS) is 1. The van der Waals surface area contributed by atoms with E-state index in [1.807, 2.05) is 6.07 Å². The van der Waals surface area contributed by atoms with E-state index in [1.165, 1.54) is 18.2 Å². The molecule has 4 nitrogen and oxygen atoms in total. The molecule has 0 radical (unpaired) electrons. The molecule has 1 heterocycles. The van der Waals surface area contributed by atoms with Crippen LogP contribution in [-0.4, -0.2) is 16.1 Å². The second-order valence-electron chi connectivity index (χ2n) is 5.00. The first kappa shape index (κ1) is 17.0. The lowest BCUT2D eigenvalue weighted by atomic mass is 10.0. The number of nitriles is 1. The maximum Gasteiger partial charge on any atom is 0.365 e. The lowest BCUT2D eigenvalue weighted by molar-refractivity contribution is 0.0696. The molecule has 25 heavy (non-hydrogen) atoms. The fourth-order valence-corrected chi connectivity index (χ4v) is 3.41. The van der Waals surface area contributed by atoms with Crippen molar-refractivity contribution in [3.63, 3.8) is 0 Å². The summed E-state index contributed by atoms with van der Waals surface area (Å²) in [6, 6.07) is 9.13. The molecule has 1 N–H and O–H groups in total. The second-order valence-corrected chi connectivity index (χ2v) is 6.44. The molecule has 0 amide bonds. The Kier molecular flexibility index (Phi) is 4.49. The number of halogens is 3. The van der Waals surface area contributed by atoms with Gasteiger partial charge in [-0.1, -0.05) is 11.6 Å². The molecule has 124 valence electrons. The molecule has 0 saturated carbocycles. The van der Waals surface area contributed by atoms with Gasteiger partial charge >= 0.3 is 5.97 Å². The molecule has 0 aliphatic rings. The summed E-state index contributed by atoms with van der Waals surface area (Å²) in [5.41, 5.74) is 0.728. The SMILES string of the molecule is N#Cc1cc(F)cc(-c2nc(C(=O)O)sc2-c2cc(F)cc(Cl)c2)c1. The van der Waals surface area contributed by atoms with Crippen LogP contribution in [0.4, 0.5) is 8.78 Å². The van der Waals surface area contributed by atoms with E-state index in [2.05, 4.69) is 4.98 Å². The number of aromatic carboxylic acids is 1. The molecular weight excluding hydrogens is 370 g/mol. The van der Waals surface area contributed by atoms with Crippen LogP contribution in [-0.2, 0) is 0 Å². The first-order valence-electron chi connectivity index (χ1n) is 6.79. The summed E-state index contributed by atoms with van der Waals surface area (Å²) in [5.74, 6) is -2.53. The fourth-order valence-electron chi connectivity index (χ4n) is 2.28. The van der Waals surface area contributed by atoms with E-state index in [0.29, 0.717) is 10.4 Å². The monoisotopic (exact) mass is 376 g/mol. The molecule has 3 rings (SSSR count). The van der Waals surface area contributed by atoms with E-state index in [1.54, 1.807) is 0 Å². The van der Waals surface area contributed by atoms with Gasteiger partial charge in [-0.25, -0.2) is 18.6 Å². The Hall–Kier alpha value is -2.82. The van der Waals surface area contributed by atoms with Crippen LogP contribution < -0.4 is 0 Å². The molecule has 0 aliphatic heterocycles. The summed E-state index contributed by atoms with van der Waals surface area (Å²) in [5, 5.41) is 18.1. The van der Waals surface area contributed by atoms with Crippen LogP contribution in [0.1, 0.15) is 15.4 Å². The highest BCUT2D eigenvalue weighted by atomic mass is 35.5. The van der Waals surface area contributed by atoms with Gasteiger partial charge in [0.05, 0.1) is 22.2 Å². The minimum Gasteiger partial charge on any atom is -0.476 e. The van der Waals surface area contributed by atoms with Crippen LogP contribution in [0, 0.1) is 23.0 Å². The third kappa shape index (κ3) is 3.50. The number of thiazole rings is 1. The average molecular weight is 377 g/mol. The summed E-state index contributed by atoms with van der Waals surface area (Å²) >= 11 is 6.68. The van der Waals surface area contributed by atoms with Gasteiger partial charge in [-0.3, -0.25) is 0 Å². The van der Waals surface area contributed by atoms with Crippen molar-refractivity contribution in [2.75, 3.05) is 0 Å². The number of rotatable bonds is 3. The van der Waals surface area contributed by atoms with Gasteiger partial charge in [-0.2, -0.15) is 5.26 Å². The predicted molar refractivity (Wildman–Crippen MR) is 89.6 cm³/mol. The molecule has 0 saturated heterocycles. The number of benzene rings is 2. The molecule has 0 spiro atoms. The fraction of sp³-hybridized carbons (Fsp3) is 0. The Labute approximate surface area is 149 Å². The summed E-state index contributed by atoms with van der Waals surface area (Å²) in [6.45, 7) is 0. The van der Waals surface area contributed by atoms with Crippen LogP contribution in [0.15, 0.2) is 36.4 Å². The lowest BCUT2D eigenvalue weighted by Crippen LogP contribution is -1.94. The molecule has 8 heteroatoms. The number of nitrogens with zero attached hydrogens (tertiary/aromatic N) is 2. The first-order chi connectivity index (χ1) is 11.9. The van der Waals surface area contributed by atoms with Crippen molar-refractivity contribution in [1.82, 2.24) is 4.98 Å². The minimum atomic E-state index is -1.27. The molecular formula is C17H7ClF2N2O2S. The van der Waals surface area contributed by atoms with Gasteiger partial charge in [-0.15, -0.1) is 11.3 Å². The zero-order valence-corrected chi connectivity index (χ0v) is 13.8. The van der Waals surface area contributed by atoms with Crippen molar-refractivity contribution in [2.45, 2.75) is 0 Å². The average Bonchev–Trinajstić information content (AvgIpc) is 2.99. The van der Waals surface area contributed by atoms with Crippen molar-refractivity contribution < 1.29 is 18.7 Å². The standard InChI is InChI=1S/C17H7ClF2N2O2S/c18-11-3-10(5-13(20)6-11)15-14(22-16(25-15)17(23)24)9-1-8(7-21)2-12(19)4-9/h1-6H,(H,23,24). The maximum atomic E-state index is 13.8. The molecule has 0 unspecified atom stereocenters. The van der Waals surface area contributed by atoms with Crippen molar-refractivity contribution in [2.24, 2.45) is 0 Å². The van der Waals surface area contributed by atoms with Gasteiger partial charge in [0.1, 0.15) is 11.6 Å². The van der Waals surface area contributed by atoms with E-state index < -0.39 is 17.6 Å². The Morgan fingerprint density at radius 3 is 2.44 bits per heavy atom. The van der Waals surface area contributed by atoms with Gasteiger partial charge in [0, 0.05) is 10.6 Å². The van der Waals surface area contributed by atoms with E-state index in [-0.39, 0.29) is 26.9 Å². The summed E-state index contributed by atoms with van der Waals surface area (Å²) in [4.78, 5) is 15.6. The zero-order chi connectivity index (χ0) is 18.1. The lowest BCUT2D eigenvalue weighted by Gasteiger charge is -2.05. The predicted octanol–water partition coefficient (Wildman–Crippen LogP) is 4.98. The van der Waals surface area contributed by atoms with Gasteiger partial charge in [0.15, 0.2) is 0 Å². The second kappa shape index (κ2) is 6.59. The topological polar surface area (TPSA) is 74.0 Å². The van der Waals surface area contributed by atoms with Crippen molar-refractivity contribution in [1.29, 1.82) is 5.26 Å². The normalized spacial score (nSPS) is 10.5. The highest BCUT2D eigenvalue weighted by Gasteiger charge is 2.20. The zero-order valence-electron chi connectivity index (χ0n) is 12.3. The van der Waals surface area contributed by atoms with Gasteiger partial charge in [0.2, 0.25) is 5.01 Å². The number of hydrogen-bond acceptors (Lipinski definition) is 4. The van der Waals surface area contributed by atoms with Crippen molar-refractivity contribution in [3.05, 3.63) is 63.6 Å². The Balaban J connectivity index is 2.28. The number of aromatic nitrogens is 1. The van der Waals surface area contributed by atoms with Crippen LogP contribution in [0.3, 0.4) is 0 Å². The smallest absolute Gasteiger partial charge is 0.365 e. The molecule has 1 aromatic heterocycles. The first-order valence-corrected chi connectivity index (χ1v) is 7.98. The van der Waals surface area contributed by atoms with E-state index >= 15 is 0 Å².